The number of halogens is 1. The molecule has 0 aliphatic rings. The summed E-state index contributed by atoms with van der Waals surface area (Å²) < 4.78 is 0. The van der Waals surface area contributed by atoms with Gasteiger partial charge in [0.05, 0.1) is 16.7 Å². The Balaban J connectivity index is 2.13. The number of nitrogen functional groups attached to an aromatic ring is 1. The summed E-state index contributed by atoms with van der Waals surface area (Å²) in [5.41, 5.74) is 8.00. The van der Waals surface area contributed by atoms with Crippen molar-refractivity contribution < 1.29 is 4.79 Å². The van der Waals surface area contributed by atoms with Gasteiger partial charge in [0.15, 0.2) is 5.78 Å². The number of nitrogens with two attached hydrogens (primary N) is 1. The summed E-state index contributed by atoms with van der Waals surface area (Å²) >= 11 is 6.14. The van der Waals surface area contributed by atoms with Crippen molar-refractivity contribution in [3.63, 3.8) is 0 Å². The van der Waals surface area contributed by atoms with Crippen molar-refractivity contribution in [1.29, 1.82) is 0 Å². The highest BCUT2D eigenvalue weighted by molar-refractivity contribution is 6.35. The highest BCUT2D eigenvalue weighted by atomic mass is 35.5. The van der Waals surface area contributed by atoms with E-state index in [0.717, 1.165) is 10.9 Å². The fourth-order valence-corrected chi connectivity index (χ4v) is 2.22. The van der Waals surface area contributed by atoms with Crippen LogP contribution in [0.2, 0.25) is 5.02 Å². The average molecular weight is 272 g/mol. The predicted molar refractivity (Wildman–Crippen MR) is 75.4 cm³/mol. The van der Waals surface area contributed by atoms with Gasteiger partial charge in [-0.1, -0.05) is 23.7 Å². The molecule has 0 bridgehead atoms. The first-order valence-corrected chi connectivity index (χ1v) is 6.06. The molecule has 3 aromatic rings. The van der Waals surface area contributed by atoms with E-state index in [1.807, 2.05) is 0 Å². The minimum atomic E-state index is -0.152. The van der Waals surface area contributed by atoms with Crippen molar-refractivity contribution in [2.75, 3.05) is 5.73 Å². The van der Waals surface area contributed by atoms with Crippen LogP contribution in [-0.2, 0) is 0 Å². The molecule has 0 saturated carbocycles. The number of carbonyl (C=O) groups excluding carboxylic acids is 1. The highest BCUT2D eigenvalue weighted by Crippen LogP contribution is 2.25. The Morgan fingerprint density at radius 3 is 2.89 bits per heavy atom. The van der Waals surface area contributed by atoms with Crippen molar-refractivity contribution in [3.8, 4) is 0 Å². The number of H-pyrrole nitrogens is 1. The van der Waals surface area contributed by atoms with Crippen LogP contribution < -0.4 is 5.73 Å². The number of hydrogen-bond acceptors (Lipinski definition) is 3. The Morgan fingerprint density at radius 1 is 1.26 bits per heavy atom. The zero-order valence-corrected chi connectivity index (χ0v) is 10.6. The van der Waals surface area contributed by atoms with Crippen LogP contribution in [0.5, 0.6) is 0 Å². The molecule has 0 saturated heterocycles. The standard InChI is InChI=1S/C14H10ClN3O/c15-12-6-13-9(7-17-18-13)5-11(12)14(19)8-2-1-3-10(16)4-8/h1-7H,16H2,(H,17,18). The minimum absolute atomic E-state index is 0.152. The topological polar surface area (TPSA) is 71.8 Å². The van der Waals surface area contributed by atoms with Crippen LogP contribution in [0.1, 0.15) is 15.9 Å². The van der Waals surface area contributed by atoms with Crippen LogP contribution >= 0.6 is 11.6 Å². The van der Waals surface area contributed by atoms with E-state index in [9.17, 15) is 4.79 Å². The van der Waals surface area contributed by atoms with E-state index in [1.54, 1.807) is 42.6 Å². The zero-order valence-electron chi connectivity index (χ0n) is 9.85. The van der Waals surface area contributed by atoms with Crippen molar-refractivity contribution >= 4 is 34.0 Å². The molecule has 3 N–H and O–H groups in total. The van der Waals surface area contributed by atoms with E-state index in [1.165, 1.54) is 0 Å². The average Bonchev–Trinajstić information content (AvgIpc) is 2.84. The molecule has 5 heteroatoms. The van der Waals surface area contributed by atoms with E-state index in [2.05, 4.69) is 10.2 Å². The largest absolute Gasteiger partial charge is 0.399 e. The highest BCUT2D eigenvalue weighted by Gasteiger charge is 2.14. The molecule has 0 unspecified atom stereocenters. The van der Waals surface area contributed by atoms with Gasteiger partial charge >= 0.3 is 0 Å². The summed E-state index contributed by atoms with van der Waals surface area (Å²) in [5, 5.41) is 7.96. The monoisotopic (exact) mass is 271 g/mol. The van der Waals surface area contributed by atoms with Gasteiger partial charge in [0.25, 0.3) is 0 Å². The molecule has 1 aromatic heterocycles. The predicted octanol–water partition coefficient (Wildman–Crippen LogP) is 3.03. The first-order chi connectivity index (χ1) is 9.15. The number of nitrogens with zero attached hydrogens (tertiary/aromatic N) is 1. The molecule has 2 aromatic carbocycles. The number of fused-ring (bicyclic) bond motifs is 1. The van der Waals surface area contributed by atoms with Crippen LogP contribution in [0.4, 0.5) is 5.69 Å². The number of aromatic nitrogens is 2. The second kappa shape index (κ2) is 4.40. The third-order valence-corrected chi connectivity index (χ3v) is 3.23. The van der Waals surface area contributed by atoms with E-state index in [0.29, 0.717) is 21.8 Å². The van der Waals surface area contributed by atoms with Crippen LogP contribution in [0, 0.1) is 0 Å². The van der Waals surface area contributed by atoms with Crippen LogP contribution in [0.25, 0.3) is 10.9 Å². The molecule has 0 spiro atoms. The summed E-state index contributed by atoms with van der Waals surface area (Å²) in [6, 6.07) is 10.3. The van der Waals surface area contributed by atoms with Crippen molar-refractivity contribution in [1.82, 2.24) is 10.2 Å². The number of hydrogen-bond donors (Lipinski definition) is 2. The number of benzene rings is 2. The lowest BCUT2D eigenvalue weighted by Crippen LogP contribution is -2.03. The SMILES string of the molecule is Nc1cccc(C(=O)c2cc3cn[nH]c3cc2Cl)c1. The van der Waals surface area contributed by atoms with Gasteiger partial charge in [-0.3, -0.25) is 9.89 Å². The van der Waals surface area contributed by atoms with Gasteiger partial charge < -0.3 is 5.73 Å². The van der Waals surface area contributed by atoms with Crippen LogP contribution in [0.15, 0.2) is 42.6 Å². The minimum Gasteiger partial charge on any atom is -0.399 e. The molecule has 94 valence electrons. The smallest absolute Gasteiger partial charge is 0.194 e. The fourth-order valence-electron chi connectivity index (χ4n) is 1.97. The first kappa shape index (κ1) is 11.7. The zero-order chi connectivity index (χ0) is 13.4. The maximum atomic E-state index is 12.4. The molecule has 0 fully saturated rings. The Labute approximate surface area is 114 Å². The van der Waals surface area contributed by atoms with Crippen LogP contribution in [0.3, 0.4) is 0 Å². The molecule has 0 aliphatic carbocycles. The lowest BCUT2D eigenvalue weighted by atomic mass is 10.0. The normalized spacial score (nSPS) is 10.8. The molecule has 0 atom stereocenters. The molecule has 19 heavy (non-hydrogen) atoms. The van der Waals surface area contributed by atoms with E-state index in [-0.39, 0.29) is 5.78 Å². The van der Waals surface area contributed by atoms with Crippen molar-refractivity contribution in [2.45, 2.75) is 0 Å². The quantitative estimate of drug-likeness (QED) is 0.556. The third kappa shape index (κ3) is 2.06. The van der Waals surface area contributed by atoms with Gasteiger partial charge in [-0.2, -0.15) is 5.10 Å². The molecule has 3 rings (SSSR count). The lowest BCUT2D eigenvalue weighted by molar-refractivity contribution is 0.103. The maximum Gasteiger partial charge on any atom is 0.194 e. The fraction of sp³-hybridized carbons (Fsp3) is 0. The van der Waals surface area contributed by atoms with Gasteiger partial charge in [0, 0.05) is 22.2 Å². The molecule has 1 heterocycles. The lowest BCUT2D eigenvalue weighted by Gasteiger charge is -2.05. The maximum absolute atomic E-state index is 12.4. The van der Waals surface area contributed by atoms with Crippen molar-refractivity contribution in [3.05, 3.63) is 58.7 Å². The summed E-state index contributed by atoms with van der Waals surface area (Å²) in [4.78, 5) is 12.4. The van der Waals surface area contributed by atoms with Gasteiger partial charge in [0.1, 0.15) is 0 Å². The number of ketones is 1. The van der Waals surface area contributed by atoms with Gasteiger partial charge in [-0.05, 0) is 24.3 Å². The number of carbonyl (C=O) groups is 1. The molecule has 0 aliphatic heterocycles. The third-order valence-electron chi connectivity index (χ3n) is 2.92. The summed E-state index contributed by atoms with van der Waals surface area (Å²) in [6.45, 7) is 0. The van der Waals surface area contributed by atoms with Gasteiger partial charge in [-0.25, -0.2) is 0 Å². The Bertz CT molecular complexity index is 779. The van der Waals surface area contributed by atoms with Gasteiger partial charge in [0.2, 0.25) is 0 Å². The number of rotatable bonds is 2. The summed E-state index contributed by atoms with van der Waals surface area (Å²) in [7, 11) is 0. The van der Waals surface area contributed by atoms with E-state index < -0.39 is 0 Å². The molecular weight excluding hydrogens is 262 g/mol. The Hall–Kier alpha value is -2.33. The van der Waals surface area contributed by atoms with E-state index >= 15 is 0 Å². The molecule has 0 radical (unpaired) electrons. The summed E-state index contributed by atoms with van der Waals surface area (Å²) in [5.74, 6) is -0.152. The van der Waals surface area contributed by atoms with E-state index in [4.69, 9.17) is 17.3 Å². The summed E-state index contributed by atoms with van der Waals surface area (Å²) in [6.07, 6.45) is 1.65. The molecule has 4 nitrogen and oxygen atoms in total. The number of anilines is 1. The second-order valence-corrected chi connectivity index (χ2v) is 4.65. The number of nitrogens with one attached hydrogen (secondary N) is 1. The van der Waals surface area contributed by atoms with Crippen LogP contribution in [-0.4, -0.2) is 16.0 Å². The molecule has 0 amide bonds. The first-order valence-electron chi connectivity index (χ1n) is 5.68. The second-order valence-electron chi connectivity index (χ2n) is 4.24. The number of aromatic amines is 1. The van der Waals surface area contributed by atoms with Gasteiger partial charge in [-0.15, -0.1) is 0 Å². The Morgan fingerprint density at radius 2 is 2.11 bits per heavy atom. The van der Waals surface area contributed by atoms with Crippen molar-refractivity contribution in [2.24, 2.45) is 0 Å². The Kier molecular flexibility index (Phi) is 2.72. The molecular formula is C14H10ClN3O.